The number of halogens is 1. The van der Waals surface area contributed by atoms with Crippen LogP contribution in [0.2, 0.25) is 0 Å². The van der Waals surface area contributed by atoms with Crippen molar-refractivity contribution in [2.45, 2.75) is 13.3 Å². The van der Waals surface area contributed by atoms with E-state index in [-0.39, 0.29) is 17.6 Å². The number of carbonyl (C=O) groups is 1. The van der Waals surface area contributed by atoms with Crippen molar-refractivity contribution in [1.29, 1.82) is 0 Å². The SMILES string of the molecule is C[C@H]1C[C@@H]1C(=O)Nc1ccc(F)cc1. The first-order valence-electron chi connectivity index (χ1n) is 4.73. The summed E-state index contributed by atoms with van der Waals surface area (Å²) in [5, 5.41) is 2.76. The van der Waals surface area contributed by atoms with E-state index in [4.69, 9.17) is 0 Å². The molecule has 2 rings (SSSR count). The van der Waals surface area contributed by atoms with Gasteiger partial charge in [-0.05, 0) is 36.6 Å². The first-order chi connectivity index (χ1) is 6.66. The number of rotatable bonds is 2. The monoisotopic (exact) mass is 193 g/mol. The molecule has 1 amide bonds. The number of amides is 1. The summed E-state index contributed by atoms with van der Waals surface area (Å²) >= 11 is 0. The molecule has 1 saturated carbocycles. The molecule has 0 spiro atoms. The van der Waals surface area contributed by atoms with Crippen LogP contribution in [0.4, 0.5) is 10.1 Å². The fraction of sp³-hybridized carbons (Fsp3) is 0.364. The molecule has 0 bridgehead atoms. The zero-order chi connectivity index (χ0) is 10.1. The molecule has 0 aromatic heterocycles. The molecule has 1 N–H and O–H groups in total. The molecule has 1 aromatic rings. The maximum absolute atomic E-state index is 12.5. The Morgan fingerprint density at radius 3 is 2.50 bits per heavy atom. The molecule has 0 radical (unpaired) electrons. The van der Waals surface area contributed by atoms with Crippen molar-refractivity contribution in [1.82, 2.24) is 0 Å². The van der Waals surface area contributed by atoms with Gasteiger partial charge in [0.25, 0.3) is 0 Å². The lowest BCUT2D eigenvalue weighted by atomic mass is 10.2. The zero-order valence-electron chi connectivity index (χ0n) is 7.96. The van der Waals surface area contributed by atoms with Gasteiger partial charge in [-0.3, -0.25) is 4.79 Å². The predicted molar refractivity (Wildman–Crippen MR) is 52.3 cm³/mol. The minimum atomic E-state index is -0.289. The second-order valence-corrected chi connectivity index (χ2v) is 3.82. The normalized spacial score (nSPS) is 24.4. The number of hydrogen-bond acceptors (Lipinski definition) is 1. The fourth-order valence-corrected chi connectivity index (χ4v) is 1.46. The molecular weight excluding hydrogens is 181 g/mol. The van der Waals surface area contributed by atoms with Crippen LogP contribution in [-0.4, -0.2) is 5.91 Å². The van der Waals surface area contributed by atoms with Gasteiger partial charge in [0.05, 0.1) is 0 Å². The smallest absolute Gasteiger partial charge is 0.227 e. The van der Waals surface area contributed by atoms with Gasteiger partial charge in [-0.25, -0.2) is 4.39 Å². The molecule has 0 unspecified atom stereocenters. The molecule has 2 atom stereocenters. The Kier molecular flexibility index (Phi) is 2.23. The van der Waals surface area contributed by atoms with Gasteiger partial charge in [0.1, 0.15) is 5.82 Å². The standard InChI is InChI=1S/C11H12FNO/c1-7-6-10(7)11(14)13-9-4-2-8(12)3-5-9/h2-5,7,10H,6H2,1H3,(H,13,14)/t7-,10-/m0/s1. The Morgan fingerprint density at radius 1 is 1.43 bits per heavy atom. The van der Waals surface area contributed by atoms with Crippen LogP contribution in [0.1, 0.15) is 13.3 Å². The highest BCUT2D eigenvalue weighted by molar-refractivity contribution is 5.94. The van der Waals surface area contributed by atoms with Crippen LogP contribution < -0.4 is 5.32 Å². The van der Waals surface area contributed by atoms with Gasteiger partial charge < -0.3 is 5.32 Å². The summed E-state index contributed by atoms with van der Waals surface area (Å²) in [7, 11) is 0. The third kappa shape index (κ3) is 1.92. The Morgan fingerprint density at radius 2 is 2.00 bits per heavy atom. The van der Waals surface area contributed by atoms with Gasteiger partial charge >= 0.3 is 0 Å². The van der Waals surface area contributed by atoms with Crippen molar-refractivity contribution in [3.8, 4) is 0 Å². The van der Waals surface area contributed by atoms with Crippen molar-refractivity contribution in [3.63, 3.8) is 0 Å². The number of carbonyl (C=O) groups excluding carboxylic acids is 1. The number of anilines is 1. The van der Waals surface area contributed by atoms with E-state index in [1.807, 2.05) is 0 Å². The molecule has 1 aliphatic rings. The van der Waals surface area contributed by atoms with E-state index >= 15 is 0 Å². The summed E-state index contributed by atoms with van der Waals surface area (Å²) in [6.45, 7) is 2.05. The molecule has 1 aliphatic carbocycles. The van der Waals surface area contributed by atoms with Crippen LogP contribution in [0.3, 0.4) is 0 Å². The topological polar surface area (TPSA) is 29.1 Å². The number of nitrogens with one attached hydrogen (secondary N) is 1. The quantitative estimate of drug-likeness (QED) is 0.767. The highest BCUT2D eigenvalue weighted by Gasteiger charge is 2.38. The summed E-state index contributed by atoms with van der Waals surface area (Å²) in [6, 6.07) is 5.82. The predicted octanol–water partition coefficient (Wildman–Crippen LogP) is 2.42. The van der Waals surface area contributed by atoms with Gasteiger partial charge in [0, 0.05) is 11.6 Å². The molecule has 0 heterocycles. The second kappa shape index (κ2) is 3.40. The lowest BCUT2D eigenvalue weighted by molar-refractivity contribution is -0.117. The molecule has 1 fully saturated rings. The third-order valence-corrected chi connectivity index (χ3v) is 2.56. The Labute approximate surface area is 82.1 Å². The zero-order valence-corrected chi connectivity index (χ0v) is 7.96. The van der Waals surface area contributed by atoms with Gasteiger partial charge in [0.2, 0.25) is 5.91 Å². The molecule has 3 heteroatoms. The van der Waals surface area contributed by atoms with Crippen LogP contribution >= 0.6 is 0 Å². The summed E-state index contributed by atoms with van der Waals surface area (Å²) in [5.41, 5.74) is 0.663. The largest absolute Gasteiger partial charge is 0.326 e. The maximum Gasteiger partial charge on any atom is 0.227 e. The number of hydrogen-bond donors (Lipinski definition) is 1. The minimum absolute atomic E-state index is 0.0455. The van der Waals surface area contributed by atoms with Crippen molar-refractivity contribution >= 4 is 11.6 Å². The highest BCUT2D eigenvalue weighted by Crippen LogP contribution is 2.38. The minimum Gasteiger partial charge on any atom is -0.326 e. The van der Waals surface area contributed by atoms with Gasteiger partial charge in [-0.15, -0.1) is 0 Å². The molecular formula is C11H12FNO. The van der Waals surface area contributed by atoms with Gasteiger partial charge in [-0.1, -0.05) is 6.92 Å². The Balaban J connectivity index is 1.97. The van der Waals surface area contributed by atoms with E-state index in [1.54, 1.807) is 12.1 Å². The van der Waals surface area contributed by atoms with Crippen molar-refractivity contribution in [3.05, 3.63) is 30.1 Å². The van der Waals surface area contributed by atoms with Gasteiger partial charge in [-0.2, -0.15) is 0 Å². The molecule has 74 valence electrons. The summed E-state index contributed by atoms with van der Waals surface area (Å²) in [4.78, 5) is 11.5. The highest BCUT2D eigenvalue weighted by atomic mass is 19.1. The summed E-state index contributed by atoms with van der Waals surface area (Å²) in [5.74, 6) is 0.405. The summed E-state index contributed by atoms with van der Waals surface area (Å²) < 4.78 is 12.5. The van der Waals surface area contributed by atoms with E-state index in [0.717, 1.165) is 6.42 Å². The molecule has 0 aliphatic heterocycles. The van der Waals surface area contributed by atoms with E-state index in [0.29, 0.717) is 11.6 Å². The lowest BCUT2D eigenvalue weighted by Crippen LogP contribution is -2.14. The van der Waals surface area contributed by atoms with Crippen molar-refractivity contribution in [2.75, 3.05) is 5.32 Å². The molecule has 1 aromatic carbocycles. The van der Waals surface area contributed by atoms with Gasteiger partial charge in [0.15, 0.2) is 0 Å². The lowest BCUT2D eigenvalue weighted by Gasteiger charge is -2.03. The van der Waals surface area contributed by atoms with Crippen LogP contribution in [-0.2, 0) is 4.79 Å². The average molecular weight is 193 g/mol. The van der Waals surface area contributed by atoms with E-state index in [1.165, 1.54) is 12.1 Å². The second-order valence-electron chi connectivity index (χ2n) is 3.82. The number of benzene rings is 1. The summed E-state index contributed by atoms with van der Waals surface area (Å²) in [6.07, 6.45) is 0.965. The average Bonchev–Trinajstić information content (AvgIpc) is 2.87. The van der Waals surface area contributed by atoms with E-state index in [9.17, 15) is 9.18 Å². The van der Waals surface area contributed by atoms with E-state index < -0.39 is 0 Å². The van der Waals surface area contributed by atoms with Crippen molar-refractivity contribution < 1.29 is 9.18 Å². The Bertz CT molecular complexity index is 347. The molecule has 0 saturated heterocycles. The molecule has 2 nitrogen and oxygen atoms in total. The fourth-order valence-electron chi connectivity index (χ4n) is 1.46. The van der Waals surface area contributed by atoms with Crippen LogP contribution in [0.5, 0.6) is 0 Å². The molecule has 14 heavy (non-hydrogen) atoms. The maximum atomic E-state index is 12.5. The first kappa shape index (κ1) is 9.19. The first-order valence-corrected chi connectivity index (χ1v) is 4.73. The van der Waals surface area contributed by atoms with Crippen LogP contribution in [0.15, 0.2) is 24.3 Å². The Hall–Kier alpha value is -1.38. The third-order valence-electron chi connectivity index (χ3n) is 2.56. The van der Waals surface area contributed by atoms with Crippen LogP contribution in [0.25, 0.3) is 0 Å². The van der Waals surface area contributed by atoms with E-state index in [2.05, 4.69) is 12.2 Å². The van der Waals surface area contributed by atoms with Crippen LogP contribution in [0, 0.1) is 17.7 Å². The van der Waals surface area contributed by atoms with Crippen molar-refractivity contribution in [2.24, 2.45) is 11.8 Å².